The maximum absolute atomic E-state index is 11.9. The zero-order chi connectivity index (χ0) is 11.5. The molecule has 0 aromatic rings. The number of piperidine rings is 1. The molecule has 1 amide bonds. The fourth-order valence-corrected chi connectivity index (χ4v) is 2.29. The van der Waals surface area contributed by atoms with Crippen LogP contribution in [0.25, 0.3) is 0 Å². The summed E-state index contributed by atoms with van der Waals surface area (Å²) in [6.45, 7) is 4.83. The lowest BCUT2D eigenvalue weighted by Gasteiger charge is -2.34. The molecule has 4 nitrogen and oxygen atoms in total. The number of hydrogen-bond donors (Lipinski definition) is 2. The third-order valence-electron chi connectivity index (χ3n) is 3.83. The van der Waals surface area contributed by atoms with Gasteiger partial charge in [0.25, 0.3) is 0 Å². The highest BCUT2D eigenvalue weighted by molar-refractivity contribution is 5.81. The minimum absolute atomic E-state index is 0.0272. The van der Waals surface area contributed by atoms with E-state index in [1.54, 1.807) is 0 Å². The Hall–Kier alpha value is -0.610. The number of carbonyl (C=O) groups excluding carboxylic acids is 1. The third-order valence-corrected chi connectivity index (χ3v) is 3.83. The molecular weight excluding hydrogens is 202 g/mol. The Morgan fingerprint density at radius 2 is 2.00 bits per heavy atom. The molecule has 1 saturated heterocycles. The van der Waals surface area contributed by atoms with Gasteiger partial charge in [-0.05, 0) is 58.2 Å². The molecule has 16 heavy (non-hydrogen) atoms. The molecule has 2 fully saturated rings. The van der Waals surface area contributed by atoms with Gasteiger partial charge >= 0.3 is 0 Å². The highest BCUT2D eigenvalue weighted by Gasteiger charge is 2.29. The molecule has 2 rings (SSSR count). The van der Waals surface area contributed by atoms with Crippen LogP contribution < -0.4 is 11.1 Å². The topological polar surface area (TPSA) is 58.4 Å². The first-order chi connectivity index (χ1) is 7.70. The van der Waals surface area contributed by atoms with Crippen molar-refractivity contribution in [2.45, 2.75) is 44.7 Å². The molecule has 0 aromatic heterocycles. The quantitative estimate of drug-likeness (QED) is 0.724. The zero-order valence-corrected chi connectivity index (χ0v) is 10.1. The molecule has 1 heterocycles. The lowest BCUT2D eigenvalue weighted by molar-refractivity contribution is -0.126. The van der Waals surface area contributed by atoms with E-state index in [1.807, 2.05) is 6.92 Å². The minimum atomic E-state index is 0.0272. The zero-order valence-electron chi connectivity index (χ0n) is 10.1. The Bertz CT molecular complexity index is 245. The van der Waals surface area contributed by atoms with Crippen molar-refractivity contribution in [1.82, 2.24) is 10.2 Å². The van der Waals surface area contributed by atoms with Gasteiger partial charge in [0.1, 0.15) is 0 Å². The Morgan fingerprint density at radius 1 is 1.38 bits per heavy atom. The number of nitrogens with one attached hydrogen (secondary N) is 1. The highest BCUT2D eigenvalue weighted by Crippen LogP contribution is 2.21. The van der Waals surface area contributed by atoms with Crippen LogP contribution in [0.5, 0.6) is 0 Å². The summed E-state index contributed by atoms with van der Waals surface area (Å²) in [5.74, 6) is 0.864. The summed E-state index contributed by atoms with van der Waals surface area (Å²) < 4.78 is 0. The number of carbonyl (C=O) groups is 1. The first kappa shape index (κ1) is 11.9. The highest BCUT2D eigenvalue weighted by atomic mass is 16.2. The summed E-state index contributed by atoms with van der Waals surface area (Å²) in [6, 6.07) is 0.496. The van der Waals surface area contributed by atoms with E-state index in [9.17, 15) is 4.79 Å². The van der Waals surface area contributed by atoms with Crippen LogP contribution in [0.4, 0.5) is 0 Å². The van der Waals surface area contributed by atoms with Crippen LogP contribution in [-0.2, 0) is 4.79 Å². The molecule has 4 heteroatoms. The van der Waals surface area contributed by atoms with E-state index in [-0.39, 0.29) is 11.9 Å². The van der Waals surface area contributed by atoms with E-state index in [1.165, 1.54) is 0 Å². The first-order valence-electron chi connectivity index (χ1n) is 6.45. The number of nitrogens with two attached hydrogens (primary N) is 1. The summed E-state index contributed by atoms with van der Waals surface area (Å²) >= 11 is 0. The van der Waals surface area contributed by atoms with E-state index in [0.717, 1.165) is 45.3 Å². The van der Waals surface area contributed by atoms with Gasteiger partial charge in [-0.1, -0.05) is 0 Å². The van der Waals surface area contributed by atoms with Crippen LogP contribution in [0.15, 0.2) is 0 Å². The molecule has 1 aliphatic heterocycles. The second-order valence-electron chi connectivity index (χ2n) is 5.17. The van der Waals surface area contributed by atoms with E-state index in [4.69, 9.17) is 5.73 Å². The van der Waals surface area contributed by atoms with E-state index in [0.29, 0.717) is 12.0 Å². The second-order valence-corrected chi connectivity index (χ2v) is 5.17. The van der Waals surface area contributed by atoms with E-state index < -0.39 is 0 Å². The molecule has 1 atom stereocenters. The largest absolute Gasteiger partial charge is 0.352 e. The molecule has 2 aliphatic rings. The molecule has 0 spiro atoms. The van der Waals surface area contributed by atoms with Crippen LogP contribution in [0.3, 0.4) is 0 Å². The molecule has 92 valence electrons. The van der Waals surface area contributed by atoms with E-state index in [2.05, 4.69) is 10.2 Å². The van der Waals surface area contributed by atoms with Crippen molar-refractivity contribution >= 4 is 5.91 Å². The molecule has 0 bridgehead atoms. The fraction of sp³-hybridized carbons (Fsp3) is 0.917. The van der Waals surface area contributed by atoms with Crippen LogP contribution in [0.2, 0.25) is 0 Å². The average molecular weight is 225 g/mol. The second kappa shape index (κ2) is 5.15. The van der Waals surface area contributed by atoms with Gasteiger partial charge in [0.05, 0.1) is 6.04 Å². The first-order valence-corrected chi connectivity index (χ1v) is 6.45. The van der Waals surface area contributed by atoms with Crippen molar-refractivity contribution in [1.29, 1.82) is 0 Å². The monoisotopic (exact) mass is 225 g/mol. The summed E-state index contributed by atoms with van der Waals surface area (Å²) in [5, 5.41) is 3.07. The molecule has 3 N–H and O–H groups in total. The van der Waals surface area contributed by atoms with Crippen molar-refractivity contribution < 1.29 is 4.79 Å². The predicted molar refractivity (Wildman–Crippen MR) is 64.0 cm³/mol. The van der Waals surface area contributed by atoms with Crippen LogP contribution in [-0.4, -0.2) is 42.5 Å². The third kappa shape index (κ3) is 2.95. The summed E-state index contributed by atoms with van der Waals surface area (Å²) in [6.07, 6.45) is 4.59. The van der Waals surface area contributed by atoms with Crippen LogP contribution in [0.1, 0.15) is 32.6 Å². The Kier molecular flexibility index (Phi) is 3.82. The smallest absolute Gasteiger partial charge is 0.237 e. The maximum atomic E-state index is 11.9. The van der Waals surface area contributed by atoms with Gasteiger partial charge in [-0.2, -0.15) is 0 Å². The van der Waals surface area contributed by atoms with Gasteiger partial charge in [-0.25, -0.2) is 0 Å². The number of amides is 1. The standard InChI is InChI=1S/C12H23N3O/c1-9(12(16)14-11-2-3-11)15-6-4-10(8-13)5-7-15/h9-11H,2-8,13H2,1H3,(H,14,16). The summed E-state index contributed by atoms with van der Waals surface area (Å²) in [7, 11) is 0. The normalized spacial score (nSPS) is 25.4. The average Bonchev–Trinajstić information content (AvgIpc) is 3.12. The van der Waals surface area contributed by atoms with Gasteiger partial charge in [0, 0.05) is 6.04 Å². The minimum Gasteiger partial charge on any atom is -0.352 e. The van der Waals surface area contributed by atoms with Crippen LogP contribution in [0, 0.1) is 5.92 Å². The van der Waals surface area contributed by atoms with Crippen molar-refractivity contribution in [2.75, 3.05) is 19.6 Å². The van der Waals surface area contributed by atoms with Gasteiger partial charge in [0.15, 0.2) is 0 Å². The predicted octanol–water partition coefficient (Wildman–Crippen LogP) is 0.324. The van der Waals surface area contributed by atoms with Crippen molar-refractivity contribution in [3.05, 3.63) is 0 Å². The number of hydrogen-bond acceptors (Lipinski definition) is 3. The molecule has 1 saturated carbocycles. The number of nitrogens with zero attached hydrogens (tertiary/aromatic N) is 1. The fourth-order valence-electron chi connectivity index (χ4n) is 2.29. The van der Waals surface area contributed by atoms with Gasteiger partial charge in [0.2, 0.25) is 5.91 Å². The number of rotatable bonds is 4. The number of likely N-dealkylation sites (tertiary alicyclic amines) is 1. The molecule has 1 aliphatic carbocycles. The summed E-state index contributed by atoms with van der Waals surface area (Å²) in [5.41, 5.74) is 5.66. The van der Waals surface area contributed by atoms with Crippen molar-refractivity contribution in [3.63, 3.8) is 0 Å². The maximum Gasteiger partial charge on any atom is 0.237 e. The Morgan fingerprint density at radius 3 is 2.50 bits per heavy atom. The van der Waals surface area contributed by atoms with E-state index >= 15 is 0 Å². The SMILES string of the molecule is CC(C(=O)NC1CC1)N1CCC(CN)CC1. The van der Waals surface area contributed by atoms with Crippen molar-refractivity contribution in [3.8, 4) is 0 Å². The summed E-state index contributed by atoms with van der Waals surface area (Å²) in [4.78, 5) is 14.1. The molecular formula is C12H23N3O. The molecule has 1 unspecified atom stereocenters. The van der Waals surface area contributed by atoms with Gasteiger partial charge < -0.3 is 11.1 Å². The molecule has 0 aromatic carbocycles. The lowest BCUT2D eigenvalue weighted by atomic mass is 9.96. The molecule has 0 radical (unpaired) electrons. The van der Waals surface area contributed by atoms with Gasteiger partial charge in [-0.15, -0.1) is 0 Å². The van der Waals surface area contributed by atoms with Crippen molar-refractivity contribution in [2.24, 2.45) is 11.7 Å². The lowest BCUT2D eigenvalue weighted by Crippen LogP contribution is -2.49. The van der Waals surface area contributed by atoms with Gasteiger partial charge in [-0.3, -0.25) is 9.69 Å². The Labute approximate surface area is 97.6 Å². The van der Waals surface area contributed by atoms with Crippen LogP contribution >= 0.6 is 0 Å². The Balaban J connectivity index is 1.76.